The Morgan fingerprint density at radius 1 is 1.19 bits per heavy atom. The number of benzene rings is 1. The van der Waals surface area contributed by atoms with Gasteiger partial charge in [-0.3, -0.25) is 0 Å². The maximum atomic E-state index is 13.1. The quantitative estimate of drug-likeness (QED) is 0.824. The lowest BCUT2D eigenvalue weighted by Gasteiger charge is -2.35. The lowest BCUT2D eigenvalue weighted by Crippen LogP contribution is -2.52. The summed E-state index contributed by atoms with van der Waals surface area (Å²) in [7, 11) is 1.60. The van der Waals surface area contributed by atoms with E-state index >= 15 is 0 Å². The first kappa shape index (κ1) is 18.1. The third kappa shape index (κ3) is 4.45. The van der Waals surface area contributed by atoms with E-state index in [0.717, 1.165) is 17.1 Å². The van der Waals surface area contributed by atoms with E-state index < -0.39 is 0 Å². The van der Waals surface area contributed by atoms with Crippen LogP contribution in [-0.2, 0) is 4.74 Å². The summed E-state index contributed by atoms with van der Waals surface area (Å²) in [5, 5.41) is 2.83. The molecule has 1 aromatic carbocycles. The van der Waals surface area contributed by atoms with Crippen LogP contribution in [-0.4, -0.2) is 67.3 Å². The van der Waals surface area contributed by atoms with Gasteiger partial charge in [-0.1, -0.05) is 0 Å². The van der Waals surface area contributed by atoms with Crippen molar-refractivity contribution >= 4 is 11.8 Å². The van der Waals surface area contributed by atoms with Crippen LogP contribution < -0.4 is 10.2 Å². The SMILES string of the molecule is COCCNC(=O)N1CCN(c2cc(-c3ccc(F)cc3)ncn2)CC1. The number of hydrogen-bond acceptors (Lipinski definition) is 5. The number of aromatic nitrogens is 2. The zero-order chi connectivity index (χ0) is 18.4. The van der Waals surface area contributed by atoms with E-state index in [1.54, 1.807) is 24.1 Å². The monoisotopic (exact) mass is 359 g/mol. The summed E-state index contributed by atoms with van der Waals surface area (Å²) >= 11 is 0. The molecule has 0 unspecified atom stereocenters. The second-order valence-electron chi connectivity index (χ2n) is 5.97. The molecule has 0 bridgehead atoms. The van der Waals surface area contributed by atoms with Crippen molar-refractivity contribution < 1.29 is 13.9 Å². The van der Waals surface area contributed by atoms with Gasteiger partial charge >= 0.3 is 6.03 Å². The Kier molecular flexibility index (Phi) is 5.96. The number of ether oxygens (including phenoxy) is 1. The minimum absolute atomic E-state index is 0.0728. The van der Waals surface area contributed by atoms with Crippen molar-refractivity contribution in [1.29, 1.82) is 0 Å². The molecule has 0 radical (unpaired) electrons. The topological polar surface area (TPSA) is 70.6 Å². The van der Waals surface area contributed by atoms with Gasteiger partial charge in [-0.25, -0.2) is 19.2 Å². The van der Waals surface area contributed by atoms with E-state index in [2.05, 4.69) is 20.2 Å². The van der Waals surface area contributed by atoms with Gasteiger partial charge in [0, 0.05) is 51.5 Å². The molecule has 1 saturated heterocycles. The van der Waals surface area contributed by atoms with E-state index in [1.165, 1.54) is 18.5 Å². The van der Waals surface area contributed by atoms with Gasteiger partial charge in [0.05, 0.1) is 12.3 Å². The minimum Gasteiger partial charge on any atom is -0.383 e. The number of piperazine rings is 1. The first-order valence-electron chi connectivity index (χ1n) is 8.52. The lowest BCUT2D eigenvalue weighted by atomic mass is 10.1. The van der Waals surface area contributed by atoms with Crippen LogP contribution in [0.1, 0.15) is 0 Å². The van der Waals surface area contributed by atoms with Crippen molar-refractivity contribution in [2.24, 2.45) is 0 Å². The standard InChI is InChI=1S/C18H22FN5O2/c1-26-11-6-20-18(25)24-9-7-23(8-10-24)17-12-16(21-13-22-17)14-2-4-15(19)5-3-14/h2-5,12-13H,6-11H2,1H3,(H,20,25). The number of anilines is 1. The first-order valence-corrected chi connectivity index (χ1v) is 8.52. The van der Waals surface area contributed by atoms with Crippen molar-refractivity contribution in [2.75, 3.05) is 51.3 Å². The molecule has 2 heterocycles. The number of carbonyl (C=O) groups excluding carboxylic acids is 1. The molecule has 3 rings (SSSR count). The molecule has 2 amide bonds. The van der Waals surface area contributed by atoms with Gasteiger partial charge < -0.3 is 19.9 Å². The molecule has 0 spiro atoms. The van der Waals surface area contributed by atoms with Crippen molar-refractivity contribution in [3.05, 3.63) is 42.5 Å². The molecule has 0 aliphatic carbocycles. The Bertz CT molecular complexity index is 733. The number of halogens is 1. The fourth-order valence-corrected chi connectivity index (χ4v) is 2.81. The summed E-state index contributed by atoms with van der Waals surface area (Å²) in [6.07, 6.45) is 1.51. The second-order valence-corrected chi connectivity index (χ2v) is 5.97. The third-order valence-corrected chi connectivity index (χ3v) is 4.27. The number of rotatable bonds is 5. The molecule has 1 aliphatic rings. The maximum Gasteiger partial charge on any atom is 0.317 e. The van der Waals surface area contributed by atoms with Crippen LogP contribution in [0.2, 0.25) is 0 Å². The Labute approximate surface area is 151 Å². The summed E-state index contributed by atoms with van der Waals surface area (Å²) in [4.78, 5) is 24.6. The fourth-order valence-electron chi connectivity index (χ4n) is 2.81. The summed E-state index contributed by atoms with van der Waals surface area (Å²) in [5.74, 6) is 0.529. The lowest BCUT2D eigenvalue weighted by molar-refractivity contribution is 0.177. The summed E-state index contributed by atoms with van der Waals surface area (Å²) in [5.41, 5.74) is 1.58. The molecular weight excluding hydrogens is 337 g/mol. The average molecular weight is 359 g/mol. The van der Waals surface area contributed by atoms with Crippen LogP contribution in [0, 0.1) is 5.82 Å². The largest absolute Gasteiger partial charge is 0.383 e. The van der Waals surface area contributed by atoms with Crippen molar-refractivity contribution in [2.45, 2.75) is 0 Å². The van der Waals surface area contributed by atoms with Crippen LogP contribution in [0.3, 0.4) is 0 Å². The van der Waals surface area contributed by atoms with Crippen LogP contribution in [0.4, 0.5) is 15.0 Å². The van der Waals surface area contributed by atoms with Gasteiger partial charge in [-0.2, -0.15) is 0 Å². The van der Waals surface area contributed by atoms with Gasteiger partial charge in [-0.05, 0) is 24.3 Å². The van der Waals surface area contributed by atoms with Crippen LogP contribution >= 0.6 is 0 Å². The van der Waals surface area contributed by atoms with Crippen molar-refractivity contribution in [3.63, 3.8) is 0 Å². The highest BCUT2D eigenvalue weighted by molar-refractivity contribution is 5.74. The summed E-state index contributed by atoms with van der Waals surface area (Å²) in [6.45, 7) is 3.62. The molecule has 1 aromatic heterocycles. The second kappa shape index (κ2) is 8.57. The minimum atomic E-state index is -0.275. The predicted molar refractivity (Wildman–Crippen MR) is 96.5 cm³/mol. The number of nitrogens with zero attached hydrogens (tertiary/aromatic N) is 4. The Morgan fingerprint density at radius 3 is 2.62 bits per heavy atom. The molecule has 8 heteroatoms. The van der Waals surface area contributed by atoms with E-state index in [0.29, 0.717) is 39.3 Å². The van der Waals surface area contributed by atoms with Gasteiger partial charge in [0.2, 0.25) is 0 Å². The predicted octanol–water partition coefficient (Wildman–Crippen LogP) is 1.76. The molecule has 26 heavy (non-hydrogen) atoms. The number of methoxy groups -OCH3 is 1. The van der Waals surface area contributed by atoms with Crippen molar-refractivity contribution in [3.8, 4) is 11.3 Å². The van der Waals surface area contributed by atoms with E-state index in [-0.39, 0.29) is 11.8 Å². The zero-order valence-corrected chi connectivity index (χ0v) is 14.7. The molecule has 138 valence electrons. The highest BCUT2D eigenvalue weighted by Crippen LogP contribution is 2.21. The van der Waals surface area contributed by atoms with Crippen LogP contribution in [0.5, 0.6) is 0 Å². The molecular formula is C18H22FN5O2. The zero-order valence-electron chi connectivity index (χ0n) is 14.7. The van der Waals surface area contributed by atoms with Crippen LogP contribution in [0.25, 0.3) is 11.3 Å². The van der Waals surface area contributed by atoms with Crippen LogP contribution in [0.15, 0.2) is 36.7 Å². The first-order chi connectivity index (χ1) is 12.7. The number of carbonyl (C=O) groups is 1. The number of urea groups is 1. The molecule has 7 nitrogen and oxygen atoms in total. The van der Waals surface area contributed by atoms with Gasteiger partial charge in [-0.15, -0.1) is 0 Å². The normalized spacial score (nSPS) is 14.4. The number of hydrogen-bond donors (Lipinski definition) is 1. The Hall–Kier alpha value is -2.74. The maximum absolute atomic E-state index is 13.1. The van der Waals surface area contributed by atoms with Gasteiger partial charge in [0.1, 0.15) is 18.0 Å². The smallest absolute Gasteiger partial charge is 0.317 e. The number of amides is 2. The molecule has 0 saturated carbocycles. The van der Waals surface area contributed by atoms with Gasteiger partial charge in [0.15, 0.2) is 0 Å². The molecule has 1 fully saturated rings. The molecule has 2 aromatic rings. The van der Waals surface area contributed by atoms with E-state index in [9.17, 15) is 9.18 Å². The summed E-state index contributed by atoms with van der Waals surface area (Å²) in [6, 6.07) is 8.04. The van der Waals surface area contributed by atoms with E-state index in [4.69, 9.17) is 4.74 Å². The Balaban J connectivity index is 1.60. The fraction of sp³-hybridized carbons (Fsp3) is 0.389. The third-order valence-electron chi connectivity index (χ3n) is 4.27. The molecule has 1 N–H and O–H groups in total. The molecule has 0 atom stereocenters. The van der Waals surface area contributed by atoms with Gasteiger partial charge in [0.25, 0.3) is 0 Å². The van der Waals surface area contributed by atoms with E-state index in [1.807, 2.05) is 6.07 Å². The highest BCUT2D eigenvalue weighted by Gasteiger charge is 2.22. The van der Waals surface area contributed by atoms with Crippen molar-refractivity contribution in [1.82, 2.24) is 20.2 Å². The average Bonchev–Trinajstić information content (AvgIpc) is 2.69. The number of nitrogens with one attached hydrogen (secondary N) is 1. The highest BCUT2D eigenvalue weighted by atomic mass is 19.1. The molecule has 1 aliphatic heterocycles. The summed E-state index contributed by atoms with van der Waals surface area (Å²) < 4.78 is 18.0. The Morgan fingerprint density at radius 2 is 1.92 bits per heavy atom.